The van der Waals surface area contributed by atoms with E-state index in [1.807, 2.05) is 4.90 Å². The average Bonchev–Trinajstić information content (AvgIpc) is 3.52. The lowest BCUT2D eigenvalue weighted by Gasteiger charge is -2.36. The monoisotopic (exact) mass is 368 g/mol. The molecule has 0 radical (unpaired) electrons. The highest BCUT2D eigenvalue weighted by Gasteiger charge is 2.26. The normalized spacial score (nSPS) is 16.9. The lowest BCUT2D eigenvalue weighted by molar-refractivity contribution is 0.0740. The highest BCUT2D eigenvalue weighted by atomic mass is 19.1. The summed E-state index contributed by atoms with van der Waals surface area (Å²) in [5.74, 6) is -0.629. The summed E-state index contributed by atoms with van der Waals surface area (Å²) < 4.78 is 13.9. The minimum Gasteiger partial charge on any atom is -0.366 e. The average molecular weight is 368 g/mol. The molecule has 0 unspecified atom stereocenters. The number of nitrogens with zero attached hydrogens (tertiary/aromatic N) is 3. The first-order chi connectivity index (χ1) is 13.1. The van der Waals surface area contributed by atoms with Gasteiger partial charge in [-0.3, -0.25) is 14.6 Å². The zero-order valence-corrected chi connectivity index (χ0v) is 14.9. The van der Waals surface area contributed by atoms with Crippen molar-refractivity contribution in [1.29, 1.82) is 0 Å². The Morgan fingerprint density at radius 3 is 2.52 bits per heavy atom. The van der Waals surface area contributed by atoms with Crippen LogP contribution in [0.3, 0.4) is 0 Å². The van der Waals surface area contributed by atoms with Crippen LogP contribution in [0.1, 0.15) is 33.7 Å². The Bertz CT molecular complexity index is 861. The largest absolute Gasteiger partial charge is 0.366 e. The van der Waals surface area contributed by atoms with Crippen LogP contribution in [0, 0.1) is 5.82 Å². The number of aromatic nitrogens is 1. The maximum Gasteiger partial charge on any atom is 0.272 e. The van der Waals surface area contributed by atoms with Crippen LogP contribution >= 0.6 is 0 Å². The van der Waals surface area contributed by atoms with E-state index in [2.05, 4.69) is 10.3 Å². The van der Waals surface area contributed by atoms with E-state index in [1.165, 1.54) is 12.3 Å². The Balaban J connectivity index is 1.40. The van der Waals surface area contributed by atoms with E-state index in [9.17, 15) is 14.0 Å². The maximum absolute atomic E-state index is 13.9. The van der Waals surface area contributed by atoms with Gasteiger partial charge in [-0.15, -0.1) is 0 Å². The molecule has 7 heteroatoms. The molecule has 140 valence electrons. The number of carbonyl (C=O) groups excluding carboxylic acids is 2. The second-order valence-electron chi connectivity index (χ2n) is 6.91. The SMILES string of the molecule is O=C(NC1CC1)c1ccnc(C(=O)N2CCN(c3ccccc3F)CC2)c1. The molecule has 0 spiro atoms. The predicted octanol–water partition coefficient (Wildman–Crippen LogP) is 2.08. The van der Waals surface area contributed by atoms with Gasteiger partial charge in [-0.1, -0.05) is 12.1 Å². The third-order valence-corrected chi connectivity index (χ3v) is 4.91. The maximum atomic E-state index is 13.9. The Labute approximate surface area is 157 Å². The molecule has 2 heterocycles. The number of nitrogens with one attached hydrogen (secondary N) is 1. The first-order valence-corrected chi connectivity index (χ1v) is 9.17. The molecular weight excluding hydrogens is 347 g/mol. The molecule has 6 nitrogen and oxygen atoms in total. The minimum atomic E-state index is -0.256. The Kier molecular flexibility index (Phi) is 4.75. The number of pyridine rings is 1. The Morgan fingerprint density at radius 1 is 1.07 bits per heavy atom. The molecule has 0 bridgehead atoms. The number of rotatable bonds is 4. The van der Waals surface area contributed by atoms with Crippen molar-refractivity contribution < 1.29 is 14.0 Å². The molecule has 1 aromatic carbocycles. The molecule has 1 N–H and O–H groups in total. The summed E-state index contributed by atoms with van der Waals surface area (Å²) in [6, 6.07) is 10.1. The number of para-hydroxylation sites is 1. The molecule has 2 aromatic rings. The van der Waals surface area contributed by atoms with Crippen LogP contribution in [-0.2, 0) is 0 Å². The van der Waals surface area contributed by atoms with Crippen LogP contribution in [0.25, 0.3) is 0 Å². The van der Waals surface area contributed by atoms with Crippen molar-refractivity contribution in [3.63, 3.8) is 0 Å². The zero-order chi connectivity index (χ0) is 18.8. The van der Waals surface area contributed by atoms with Crippen molar-refractivity contribution in [1.82, 2.24) is 15.2 Å². The molecule has 2 amide bonds. The third-order valence-electron chi connectivity index (χ3n) is 4.91. The molecule has 2 fully saturated rings. The number of hydrogen-bond donors (Lipinski definition) is 1. The summed E-state index contributed by atoms with van der Waals surface area (Å²) >= 11 is 0. The fourth-order valence-electron chi connectivity index (χ4n) is 3.21. The Hall–Kier alpha value is -2.96. The van der Waals surface area contributed by atoms with Gasteiger partial charge in [0.15, 0.2) is 0 Å². The third kappa shape index (κ3) is 3.92. The van der Waals surface area contributed by atoms with Gasteiger partial charge < -0.3 is 15.1 Å². The van der Waals surface area contributed by atoms with Gasteiger partial charge in [0.2, 0.25) is 0 Å². The van der Waals surface area contributed by atoms with Gasteiger partial charge in [0.05, 0.1) is 5.69 Å². The molecule has 1 aliphatic heterocycles. The number of anilines is 1. The zero-order valence-electron chi connectivity index (χ0n) is 14.9. The quantitative estimate of drug-likeness (QED) is 0.897. The van der Waals surface area contributed by atoms with E-state index in [4.69, 9.17) is 0 Å². The number of benzene rings is 1. The second-order valence-corrected chi connectivity index (χ2v) is 6.91. The summed E-state index contributed by atoms with van der Waals surface area (Å²) in [6.07, 6.45) is 3.51. The standard InChI is InChI=1S/C20H21FN4O2/c21-16-3-1-2-4-18(16)24-9-11-25(12-10-24)20(27)17-13-14(7-8-22-17)19(26)23-15-5-6-15/h1-4,7-8,13,15H,5-6,9-12H2,(H,23,26). The minimum absolute atomic E-state index is 0.168. The van der Waals surface area contributed by atoms with Crippen molar-refractivity contribution in [3.8, 4) is 0 Å². The van der Waals surface area contributed by atoms with Crippen molar-refractivity contribution in [2.75, 3.05) is 31.1 Å². The van der Waals surface area contributed by atoms with Crippen molar-refractivity contribution in [2.45, 2.75) is 18.9 Å². The number of carbonyl (C=O) groups is 2. The van der Waals surface area contributed by atoms with Crippen molar-refractivity contribution in [3.05, 3.63) is 59.7 Å². The van der Waals surface area contributed by atoms with E-state index in [0.29, 0.717) is 37.4 Å². The van der Waals surface area contributed by atoms with Gasteiger partial charge >= 0.3 is 0 Å². The lowest BCUT2D eigenvalue weighted by Crippen LogP contribution is -2.49. The van der Waals surface area contributed by atoms with Gasteiger partial charge in [-0.25, -0.2) is 4.39 Å². The van der Waals surface area contributed by atoms with Gasteiger partial charge in [0.25, 0.3) is 11.8 Å². The fourth-order valence-corrected chi connectivity index (χ4v) is 3.21. The predicted molar refractivity (Wildman–Crippen MR) is 99.2 cm³/mol. The summed E-state index contributed by atoms with van der Waals surface area (Å²) in [5.41, 5.74) is 1.27. The van der Waals surface area contributed by atoms with E-state index in [0.717, 1.165) is 12.8 Å². The number of halogens is 1. The first kappa shape index (κ1) is 17.5. The molecule has 1 aliphatic carbocycles. The number of hydrogen-bond acceptors (Lipinski definition) is 4. The Morgan fingerprint density at radius 2 is 1.81 bits per heavy atom. The highest BCUT2D eigenvalue weighted by Crippen LogP contribution is 2.21. The summed E-state index contributed by atoms with van der Waals surface area (Å²) in [7, 11) is 0. The van der Waals surface area contributed by atoms with Crippen LogP contribution < -0.4 is 10.2 Å². The van der Waals surface area contributed by atoms with E-state index < -0.39 is 0 Å². The van der Waals surface area contributed by atoms with E-state index in [1.54, 1.807) is 35.2 Å². The molecule has 4 rings (SSSR count). The molecule has 1 saturated carbocycles. The molecule has 27 heavy (non-hydrogen) atoms. The fraction of sp³-hybridized carbons (Fsp3) is 0.350. The first-order valence-electron chi connectivity index (χ1n) is 9.17. The molecule has 0 atom stereocenters. The molecular formula is C20H21FN4O2. The summed E-state index contributed by atoms with van der Waals surface area (Å²) in [6.45, 7) is 2.06. The van der Waals surface area contributed by atoms with Gasteiger partial charge in [-0.2, -0.15) is 0 Å². The van der Waals surface area contributed by atoms with Crippen LogP contribution in [0.5, 0.6) is 0 Å². The molecule has 2 aliphatic rings. The van der Waals surface area contributed by atoms with Crippen molar-refractivity contribution >= 4 is 17.5 Å². The molecule has 1 aromatic heterocycles. The van der Waals surface area contributed by atoms with Crippen molar-refractivity contribution in [2.24, 2.45) is 0 Å². The van der Waals surface area contributed by atoms with Crippen LogP contribution in [0.4, 0.5) is 10.1 Å². The second kappa shape index (κ2) is 7.34. The number of piperazine rings is 1. The van der Waals surface area contributed by atoms with Crippen LogP contribution in [-0.4, -0.2) is 53.9 Å². The molecule has 1 saturated heterocycles. The summed E-state index contributed by atoms with van der Waals surface area (Å²) in [4.78, 5) is 32.7. The van der Waals surface area contributed by atoms with E-state index in [-0.39, 0.29) is 29.4 Å². The topological polar surface area (TPSA) is 65.5 Å². The number of amides is 2. The van der Waals surface area contributed by atoms with Gasteiger partial charge in [0.1, 0.15) is 11.5 Å². The lowest BCUT2D eigenvalue weighted by atomic mass is 10.2. The van der Waals surface area contributed by atoms with Crippen LogP contribution in [0.2, 0.25) is 0 Å². The summed E-state index contributed by atoms with van der Waals surface area (Å²) in [5, 5.41) is 2.91. The van der Waals surface area contributed by atoms with Gasteiger partial charge in [0, 0.05) is 44.0 Å². The van der Waals surface area contributed by atoms with Crippen LogP contribution in [0.15, 0.2) is 42.6 Å². The highest BCUT2D eigenvalue weighted by molar-refractivity contribution is 5.98. The smallest absolute Gasteiger partial charge is 0.272 e. The van der Waals surface area contributed by atoms with E-state index >= 15 is 0 Å². The van der Waals surface area contributed by atoms with Gasteiger partial charge in [-0.05, 0) is 37.1 Å².